The average Bonchev–Trinajstić information content (AvgIpc) is 2.28. The highest BCUT2D eigenvalue weighted by Crippen LogP contribution is 2.39. The van der Waals surface area contributed by atoms with E-state index < -0.39 is 12.1 Å². The Morgan fingerprint density at radius 1 is 1.06 bits per heavy atom. The fourth-order valence-corrected chi connectivity index (χ4v) is 3.50. The van der Waals surface area contributed by atoms with E-state index in [-0.39, 0.29) is 6.04 Å². The molecule has 2 nitrogen and oxygen atoms in total. The predicted octanol–water partition coefficient (Wildman–Crippen LogP) is 2.92. The molecule has 0 spiro atoms. The van der Waals surface area contributed by atoms with Gasteiger partial charge in [0.25, 0.3) is 0 Å². The first kappa shape index (κ1) is 14.1. The van der Waals surface area contributed by atoms with Gasteiger partial charge < -0.3 is 5.73 Å². The molecule has 2 N–H and O–H groups in total. The van der Waals surface area contributed by atoms with E-state index in [4.69, 9.17) is 5.73 Å². The van der Waals surface area contributed by atoms with Gasteiger partial charge in [-0.05, 0) is 45.4 Å². The second kappa shape index (κ2) is 5.37. The Bertz CT molecular complexity index is 272. The molecule has 0 aromatic rings. The number of halogens is 3. The molecule has 5 heteroatoms. The van der Waals surface area contributed by atoms with Gasteiger partial charge in [0.05, 0.1) is 5.92 Å². The minimum Gasteiger partial charge on any atom is -0.328 e. The lowest BCUT2D eigenvalue weighted by atomic mass is 9.83. The van der Waals surface area contributed by atoms with E-state index in [1.54, 1.807) is 0 Å². The smallest absolute Gasteiger partial charge is 0.328 e. The highest BCUT2D eigenvalue weighted by molar-refractivity contribution is 4.89. The molecule has 0 amide bonds. The third kappa shape index (κ3) is 3.18. The fraction of sp³-hybridized carbons (Fsp3) is 1.00. The van der Waals surface area contributed by atoms with Crippen LogP contribution < -0.4 is 5.73 Å². The number of rotatable bonds is 1. The quantitative estimate of drug-likeness (QED) is 0.789. The van der Waals surface area contributed by atoms with Gasteiger partial charge in [-0.15, -0.1) is 0 Å². The van der Waals surface area contributed by atoms with Gasteiger partial charge in [-0.3, -0.25) is 4.90 Å². The lowest BCUT2D eigenvalue weighted by Gasteiger charge is -2.44. The number of hydrogen-bond acceptors (Lipinski definition) is 2. The number of alkyl halides is 3. The zero-order valence-corrected chi connectivity index (χ0v) is 10.9. The molecule has 1 aliphatic carbocycles. The fourth-order valence-electron chi connectivity index (χ4n) is 3.50. The Balaban J connectivity index is 1.86. The van der Waals surface area contributed by atoms with Crippen molar-refractivity contribution in [3.8, 4) is 0 Å². The van der Waals surface area contributed by atoms with E-state index in [1.807, 2.05) is 0 Å². The van der Waals surface area contributed by atoms with E-state index in [0.717, 1.165) is 19.4 Å². The van der Waals surface area contributed by atoms with Crippen molar-refractivity contribution in [3.05, 3.63) is 0 Å². The second-order valence-electron chi connectivity index (χ2n) is 5.92. The van der Waals surface area contributed by atoms with Crippen LogP contribution in [0.4, 0.5) is 13.2 Å². The Hall–Kier alpha value is -0.290. The van der Waals surface area contributed by atoms with Crippen molar-refractivity contribution in [2.75, 3.05) is 6.54 Å². The van der Waals surface area contributed by atoms with Crippen LogP contribution >= 0.6 is 0 Å². The first-order valence-corrected chi connectivity index (χ1v) is 6.96. The lowest BCUT2D eigenvalue weighted by Crippen LogP contribution is -2.51. The molecule has 0 aromatic carbocycles. The molecular weight excluding hydrogens is 241 g/mol. The molecule has 0 radical (unpaired) electrons. The van der Waals surface area contributed by atoms with Crippen LogP contribution in [-0.2, 0) is 0 Å². The van der Waals surface area contributed by atoms with Gasteiger partial charge in [0.15, 0.2) is 0 Å². The standard InChI is InChI=1S/C13H23F3N2/c1-9-8-11(17)6-7-18(9)12-4-2-10(3-5-12)13(14,15)16/h9-12H,2-8,17H2,1H3. The van der Waals surface area contributed by atoms with Crippen LogP contribution in [-0.4, -0.2) is 35.7 Å². The molecular formula is C13H23F3N2. The van der Waals surface area contributed by atoms with E-state index in [0.29, 0.717) is 37.8 Å². The van der Waals surface area contributed by atoms with Gasteiger partial charge in [0.2, 0.25) is 0 Å². The summed E-state index contributed by atoms with van der Waals surface area (Å²) in [6.45, 7) is 3.10. The largest absolute Gasteiger partial charge is 0.391 e. The molecule has 106 valence electrons. The van der Waals surface area contributed by atoms with E-state index in [1.165, 1.54) is 0 Å². The van der Waals surface area contributed by atoms with E-state index in [2.05, 4.69) is 11.8 Å². The Kier molecular flexibility index (Phi) is 4.22. The van der Waals surface area contributed by atoms with Gasteiger partial charge in [0.1, 0.15) is 0 Å². The molecule has 2 fully saturated rings. The number of nitrogens with zero attached hydrogens (tertiary/aromatic N) is 1. The van der Waals surface area contributed by atoms with E-state index in [9.17, 15) is 13.2 Å². The molecule has 0 aromatic heterocycles. The summed E-state index contributed by atoms with van der Waals surface area (Å²) < 4.78 is 37.8. The van der Waals surface area contributed by atoms with Crippen molar-refractivity contribution >= 4 is 0 Å². The normalized spacial score (nSPS) is 39.8. The van der Waals surface area contributed by atoms with Crippen molar-refractivity contribution in [1.29, 1.82) is 0 Å². The minimum atomic E-state index is -4.00. The maximum atomic E-state index is 12.6. The average molecular weight is 264 g/mol. The molecule has 2 aliphatic rings. The molecule has 2 rings (SSSR count). The maximum absolute atomic E-state index is 12.6. The van der Waals surface area contributed by atoms with Crippen LogP contribution in [0.1, 0.15) is 45.4 Å². The lowest BCUT2D eigenvalue weighted by molar-refractivity contribution is -0.185. The molecule has 1 heterocycles. The topological polar surface area (TPSA) is 29.3 Å². The van der Waals surface area contributed by atoms with Crippen LogP contribution in [0.25, 0.3) is 0 Å². The summed E-state index contributed by atoms with van der Waals surface area (Å²) in [6.07, 6.45) is -0.0933. The third-order valence-electron chi connectivity index (χ3n) is 4.60. The highest BCUT2D eigenvalue weighted by atomic mass is 19.4. The van der Waals surface area contributed by atoms with Gasteiger partial charge in [-0.1, -0.05) is 0 Å². The summed E-state index contributed by atoms with van der Waals surface area (Å²) in [6, 6.07) is 1.02. The summed E-state index contributed by atoms with van der Waals surface area (Å²) in [5.41, 5.74) is 5.92. The number of piperidine rings is 1. The molecule has 1 aliphatic heterocycles. The van der Waals surface area contributed by atoms with Gasteiger partial charge in [0, 0.05) is 24.7 Å². The highest BCUT2D eigenvalue weighted by Gasteiger charge is 2.42. The van der Waals surface area contributed by atoms with Crippen LogP contribution in [0.5, 0.6) is 0 Å². The van der Waals surface area contributed by atoms with Crippen LogP contribution in [0.15, 0.2) is 0 Å². The summed E-state index contributed by atoms with van der Waals surface area (Å²) in [7, 11) is 0. The van der Waals surface area contributed by atoms with Crippen LogP contribution in [0.2, 0.25) is 0 Å². The van der Waals surface area contributed by atoms with Crippen molar-refractivity contribution in [1.82, 2.24) is 4.90 Å². The summed E-state index contributed by atoms with van der Waals surface area (Å²) in [4.78, 5) is 2.38. The molecule has 2 atom stereocenters. The van der Waals surface area contributed by atoms with E-state index >= 15 is 0 Å². The molecule has 18 heavy (non-hydrogen) atoms. The van der Waals surface area contributed by atoms with Crippen LogP contribution in [0, 0.1) is 5.92 Å². The van der Waals surface area contributed by atoms with Gasteiger partial charge in [-0.25, -0.2) is 0 Å². The summed E-state index contributed by atoms with van der Waals surface area (Å²) in [5, 5.41) is 0. The second-order valence-corrected chi connectivity index (χ2v) is 5.92. The number of nitrogens with two attached hydrogens (primary N) is 1. The van der Waals surface area contributed by atoms with Gasteiger partial charge >= 0.3 is 6.18 Å². The Morgan fingerprint density at radius 3 is 2.17 bits per heavy atom. The van der Waals surface area contributed by atoms with Gasteiger partial charge in [-0.2, -0.15) is 13.2 Å². The summed E-state index contributed by atoms with van der Waals surface area (Å²) >= 11 is 0. The molecule has 2 unspecified atom stereocenters. The van der Waals surface area contributed by atoms with Crippen molar-refractivity contribution in [2.24, 2.45) is 11.7 Å². The third-order valence-corrected chi connectivity index (χ3v) is 4.60. The van der Waals surface area contributed by atoms with Crippen LogP contribution in [0.3, 0.4) is 0 Å². The number of likely N-dealkylation sites (tertiary alicyclic amines) is 1. The molecule has 1 saturated carbocycles. The Labute approximate surface area is 107 Å². The first-order valence-electron chi connectivity index (χ1n) is 6.96. The zero-order chi connectivity index (χ0) is 13.3. The maximum Gasteiger partial charge on any atom is 0.391 e. The monoisotopic (exact) mass is 264 g/mol. The predicted molar refractivity (Wildman–Crippen MR) is 65.2 cm³/mol. The molecule has 0 bridgehead atoms. The first-order chi connectivity index (χ1) is 8.38. The molecule has 1 saturated heterocycles. The van der Waals surface area contributed by atoms with Crippen molar-refractivity contribution < 1.29 is 13.2 Å². The van der Waals surface area contributed by atoms with Crippen molar-refractivity contribution in [3.63, 3.8) is 0 Å². The SMILES string of the molecule is CC1CC(N)CCN1C1CCC(C(F)(F)F)CC1. The summed E-state index contributed by atoms with van der Waals surface area (Å²) in [5.74, 6) is -1.07. The zero-order valence-electron chi connectivity index (χ0n) is 10.9. The van der Waals surface area contributed by atoms with Crippen molar-refractivity contribution in [2.45, 2.75) is 69.8 Å². The Morgan fingerprint density at radius 2 is 1.67 bits per heavy atom. The number of hydrogen-bond donors (Lipinski definition) is 1. The minimum absolute atomic E-state index is 0.266.